The summed E-state index contributed by atoms with van der Waals surface area (Å²) >= 11 is 0. The molecular weight excluding hydrogens is 260 g/mol. The molecule has 0 saturated carbocycles. The van der Waals surface area contributed by atoms with Gasteiger partial charge in [0, 0.05) is 19.6 Å². The summed E-state index contributed by atoms with van der Waals surface area (Å²) in [6.07, 6.45) is 0.864. The monoisotopic (exact) mass is 282 g/mol. The lowest BCUT2D eigenvalue weighted by molar-refractivity contribution is 0.432. The van der Waals surface area contributed by atoms with Crippen molar-refractivity contribution in [1.29, 1.82) is 0 Å². The fraction of sp³-hybridized carbons (Fsp3) is 0.571. The quantitative estimate of drug-likeness (QED) is 0.919. The SMILES string of the molecule is CC(C)c1cccc(S(=O)(=O)N2CCCNCC2)c1. The normalized spacial score (nSPS) is 18.5. The first-order valence-electron chi connectivity index (χ1n) is 6.82. The Labute approximate surface area is 115 Å². The second-order valence-electron chi connectivity index (χ2n) is 5.23. The van der Waals surface area contributed by atoms with Crippen molar-refractivity contribution in [2.75, 3.05) is 26.2 Å². The van der Waals surface area contributed by atoms with Gasteiger partial charge in [-0.25, -0.2) is 8.42 Å². The van der Waals surface area contributed by atoms with Gasteiger partial charge in [-0.15, -0.1) is 0 Å². The third-order valence-electron chi connectivity index (χ3n) is 3.46. The fourth-order valence-corrected chi connectivity index (χ4v) is 3.78. The van der Waals surface area contributed by atoms with Gasteiger partial charge in [-0.05, 0) is 36.6 Å². The van der Waals surface area contributed by atoms with Gasteiger partial charge in [-0.1, -0.05) is 26.0 Å². The van der Waals surface area contributed by atoms with Crippen LogP contribution in [0.25, 0.3) is 0 Å². The Bertz CT molecular complexity index is 518. The van der Waals surface area contributed by atoms with E-state index < -0.39 is 10.0 Å². The second-order valence-corrected chi connectivity index (χ2v) is 7.17. The molecule has 1 N–H and O–H groups in total. The molecule has 0 radical (unpaired) electrons. The van der Waals surface area contributed by atoms with Gasteiger partial charge in [0.1, 0.15) is 0 Å². The summed E-state index contributed by atoms with van der Waals surface area (Å²) < 4.78 is 26.8. The van der Waals surface area contributed by atoms with Crippen molar-refractivity contribution in [2.24, 2.45) is 0 Å². The average molecular weight is 282 g/mol. The Balaban J connectivity index is 2.30. The molecule has 1 aromatic rings. The van der Waals surface area contributed by atoms with E-state index in [-0.39, 0.29) is 0 Å². The van der Waals surface area contributed by atoms with E-state index in [0.717, 1.165) is 25.1 Å². The maximum Gasteiger partial charge on any atom is 0.243 e. The smallest absolute Gasteiger partial charge is 0.243 e. The Morgan fingerprint density at radius 3 is 2.74 bits per heavy atom. The zero-order chi connectivity index (χ0) is 13.9. The lowest BCUT2D eigenvalue weighted by Gasteiger charge is -2.20. The zero-order valence-corrected chi connectivity index (χ0v) is 12.4. The number of hydrogen-bond acceptors (Lipinski definition) is 3. The Morgan fingerprint density at radius 1 is 1.21 bits per heavy atom. The van der Waals surface area contributed by atoms with Gasteiger partial charge in [-0.2, -0.15) is 4.31 Å². The van der Waals surface area contributed by atoms with Gasteiger partial charge in [0.05, 0.1) is 4.90 Å². The molecule has 19 heavy (non-hydrogen) atoms. The molecule has 0 aromatic heterocycles. The predicted molar refractivity (Wildman–Crippen MR) is 76.8 cm³/mol. The summed E-state index contributed by atoms with van der Waals surface area (Å²) in [7, 11) is -3.35. The van der Waals surface area contributed by atoms with Crippen molar-refractivity contribution in [3.8, 4) is 0 Å². The number of rotatable bonds is 3. The molecule has 1 fully saturated rings. The molecule has 1 heterocycles. The highest BCUT2D eigenvalue weighted by Gasteiger charge is 2.25. The van der Waals surface area contributed by atoms with E-state index in [4.69, 9.17) is 0 Å². The Kier molecular flexibility index (Phi) is 4.60. The summed E-state index contributed by atoms with van der Waals surface area (Å²) in [5, 5.41) is 3.22. The first-order valence-corrected chi connectivity index (χ1v) is 8.26. The van der Waals surface area contributed by atoms with E-state index in [2.05, 4.69) is 19.2 Å². The van der Waals surface area contributed by atoms with Crippen LogP contribution < -0.4 is 5.32 Å². The third-order valence-corrected chi connectivity index (χ3v) is 5.36. The Hall–Kier alpha value is -0.910. The minimum atomic E-state index is -3.35. The van der Waals surface area contributed by atoms with Crippen molar-refractivity contribution in [2.45, 2.75) is 31.1 Å². The molecule has 4 nitrogen and oxygen atoms in total. The van der Waals surface area contributed by atoms with E-state index in [9.17, 15) is 8.42 Å². The van der Waals surface area contributed by atoms with Crippen LogP contribution >= 0.6 is 0 Å². The van der Waals surface area contributed by atoms with E-state index in [1.165, 1.54) is 0 Å². The summed E-state index contributed by atoms with van der Waals surface area (Å²) in [4.78, 5) is 0.417. The van der Waals surface area contributed by atoms with Gasteiger partial charge in [0.2, 0.25) is 10.0 Å². The van der Waals surface area contributed by atoms with Gasteiger partial charge >= 0.3 is 0 Å². The largest absolute Gasteiger partial charge is 0.315 e. The molecule has 1 aliphatic heterocycles. The van der Waals surface area contributed by atoms with E-state index in [1.54, 1.807) is 16.4 Å². The molecule has 0 unspecified atom stereocenters. The molecule has 1 aromatic carbocycles. The Morgan fingerprint density at radius 2 is 2.00 bits per heavy atom. The molecule has 1 saturated heterocycles. The summed E-state index contributed by atoms with van der Waals surface area (Å²) in [5.74, 6) is 0.334. The molecule has 0 amide bonds. The van der Waals surface area contributed by atoms with Crippen LogP contribution in [-0.2, 0) is 10.0 Å². The van der Waals surface area contributed by atoms with Gasteiger partial charge < -0.3 is 5.32 Å². The van der Waals surface area contributed by atoms with E-state index in [1.807, 2.05) is 12.1 Å². The summed E-state index contributed by atoms with van der Waals surface area (Å²) in [6, 6.07) is 7.31. The van der Waals surface area contributed by atoms with Crippen LogP contribution in [0.1, 0.15) is 31.7 Å². The zero-order valence-electron chi connectivity index (χ0n) is 11.6. The molecule has 0 bridgehead atoms. The molecule has 0 atom stereocenters. The van der Waals surface area contributed by atoms with Crippen molar-refractivity contribution in [3.63, 3.8) is 0 Å². The van der Waals surface area contributed by atoms with Gasteiger partial charge in [0.25, 0.3) is 0 Å². The van der Waals surface area contributed by atoms with Crippen LogP contribution in [0.2, 0.25) is 0 Å². The molecule has 2 rings (SSSR count). The van der Waals surface area contributed by atoms with Crippen LogP contribution in [0.5, 0.6) is 0 Å². The molecule has 1 aliphatic rings. The molecule has 5 heteroatoms. The average Bonchev–Trinajstić information content (AvgIpc) is 2.68. The number of nitrogens with one attached hydrogen (secondary N) is 1. The molecule has 0 aliphatic carbocycles. The number of nitrogens with zero attached hydrogens (tertiary/aromatic N) is 1. The minimum absolute atomic E-state index is 0.334. The van der Waals surface area contributed by atoms with Crippen molar-refractivity contribution in [3.05, 3.63) is 29.8 Å². The van der Waals surface area contributed by atoms with Crippen LogP contribution in [0.15, 0.2) is 29.2 Å². The highest BCUT2D eigenvalue weighted by atomic mass is 32.2. The predicted octanol–water partition coefficient (Wildman–Crippen LogP) is 1.79. The summed E-state index contributed by atoms with van der Waals surface area (Å²) in [5.41, 5.74) is 1.06. The first kappa shape index (κ1) is 14.5. The third kappa shape index (κ3) is 3.35. The number of hydrogen-bond donors (Lipinski definition) is 1. The molecule has 0 spiro atoms. The van der Waals surface area contributed by atoms with E-state index in [0.29, 0.717) is 23.9 Å². The van der Waals surface area contributed by atoms with Gasteiger partial charge in [0.15, 0.2) is 0 Å². The lowest BCUT2D eigenvalue weighted by Crippen LogP contribution is -2.34. The topological polar surface area (TPSA) is 49.4 Å². The van der Waals surface area contributed by atoms with Crippen molar-refractivity contribution in [1.82, 2.24) is 9.62 Å². The van der Waals surface area contributed by atoms with Crippen LogP contribution in [-0.4, -0.2) is 38.9 Å². The van der Waals surface area contributed by atoms with E-state index >= 15 is 0 Å². The second kappa shape index (κ2) is 6.03. The maximum atomic E-state index is 12.6. The maximum absolute atomic E-state index is 12.6. The fourth-order valence-electron chi connectivity index (χ4n) is 2.24. The minimum Gasteiger partial charge on any atom is -0.315 e. The standard InChI is InChI=1S/C14H22N2O2S/c1-12(2)13-5-3-6-14(11-13)19(17,18)16-9-4-7-15-8-10-16/h3,5-6,11-12,15H,4,7-10H2,1-2H3. The van der Waals surface area contributed by atoms with Crippen LogP contribution in [0.3, 0.4) is 0 Å². The highest BCUT2D eigenvalue weighted by Crippen LogP contribution is 2.21. The van der Waals surface area contributed by atoms with Crippen LogP contribution in [0.4, 0.5) is 0 Å². The molecule has 106 valence electrons. The number of sulfonamides is 1. The van der Waals surface area contributed by atoms with Crippen LogP contribution in [0, 0.1) is 0 Å². The lowest BCUT2D eigenvalue weighted by atomic mass is 10.0. The van der Waals surface area contributed by atoms with Gasteiger partial charge in [-0.3, -0.25) is 0 Å². The summed E-state index contributed by atoms with van der Waals surface area (Å²) in [6.45, 7) is 6.90. The first-order chi connectivity index (χ1) is 9.01. The highest BCUT2D eigenvalue weighted by molar-refractivity contribution is 7.89. The molecular formula is C14H22N2O2S. The van der Waals surface area contributed by atoms with Crippen molar-refractivity contribution < 1.29 is 8.42 Å². The number of benzene rings is 1. The van der Waals surface area contributed by atoms with Crippen molar-refractivity contribution >= 4 is 10.0 Å².